The van der Waals surface area contributed by atoms with E-state index in [1.807, 2.05) is 0 Å². The number of halogens is 1. The van der Waals surface area contributed by atoms with Gasteiger partial charge in [-0.2, -0.15) is 0 Å². The fourth-order valence-electron chi connectivity index (χ4n) is 2.33. The number of carbonyl (C=O) groups excluding carboxylic acids is 1. The number of nitrogens with one attached hydrogen (secondary N) is 1. The highest BCUT2D eigenvalue weighted by molar-refractivity contribution is 7.15. The minimum Gasteiger partial charge on any atom is -0.298 e. The van der Waals surface area contributed by atoms with Gasteiger partial charge in [0.25, 0.3) is 0 Å². The van der Waals surface area contributed by atoms with E-state index in [1.165, 1.54) is 40.9 Å². The molecule has 0 spiro atoms. The Balaban J connectivity index is 1.66. The first kappa shape index (κ1) is 13.9. The molecule has 5 heteroatoms. The molecule has 1 amide bonds. The second kappa shape index (κ2) is 6.18. The van der Waals surface area contributed by atoms with Gasteiger partial charge in [0.1, 0.15) is 5.82 Å². The average Bonchev–Trinajstić information content (AvgIpc) is 2.88. The van der Waals surface area contributed by atoms with Crippen molar-refractivity contribution in [3.8, 4) is 0 Å². The topological polar surface area (TPSA) is 42.0 Å². The Labute approximate surface area is 126 Å². The lowest BCUT2D eigenvalue weighted by Crippen LogP contribution is -2.07. The van der Waals surface area contributed by atoms with E-state index >= 15 is 0 Å². The van der Waals surface area contributed by atoms with Crippen LogP contribution in [0.1, 0.15) is 29.0 Å². The van der Waals surface area contributed by atoms with Crippen LogP contribution in [0.4, 0.5) is 9.52 Å². The van der Waals surface area contributed by atoms with E-state index in [2.05, 4.69) is 10.3 Å². The summed E-state index contributed by atoms with van der Waals surface area (Å²) in [5.74, 6) is -0.629. The fourth-order valence-corrected chi connectivity index (χ4v) is 3.38. The summed E-state index contributed by atoms with van der Waals surface area (Å²) in [5, 5.41) is 3.38. The number of aryl methyl sites for hydroxylation is 2. The normalized spacial score (nSPS) is 14.1. The summed E-state index contributed by atoms with van der Waals surface area (Å²) >= 11 is 1.54. The first-order chi connectivity index (χ1) is 10.2. The molecular formula is C16H15FN2OS. The van der Waals surface area contributed by atoms with Gasteiger partial charge >= 0.3 is 0 Å². The molecule has 0 saturated heterocycles. The van der Waals surface area contributed by atoms with Crippen LogP contribution in [0, 0.1) is 5.82 Å². The number of anilines is 1. The van der Waals surface area contributed by atoms with Crippen molar-refractivity contribution in [3.05, 3.63) is 52.3 Å². The highest BCUT2D eigenvalue weighted by Crippen LogP contribution is 2.29. The summed E-state index contributed by atoms with van der Waals surface area (Å²) in [6.07, 6.45) is 7.20. The molecule has 1 N–H and O–H groups in total. The summed E-state index contributed by atoms with van der Waals surface area (Å²) < 4.78 is 13.4. The number of amides is 1. The van der Waals surface area contributed by atoms with E-state index in [4.69, 9.17) is 0 Å². The first-order valence-electron chi connectivity index (χ1n) is 6.94. The Bertz CT molecular complexity index is 670. The van der Waals surface area contributed by atoms with Crippen LogP contribution >= 0.6 is 11.3 Å². The van der Waals surface area contributed by atoms with Gasteiger partial charge in [-0.1, -0.05) is 18.2 Å². The molecule has 0 aliphatic heterocycles. The summed E-state index contributed by atoms with van der Waals surface area (Å²) in [5.41, 5.74) is 1.51. The minimum absolute atomic E-state index is 0.288. The molecule has 0 saturated carbocycles. The molecule has 1 aromatic carbocycles. The van der Waals surface area contributed by atoms with Crippen LogP contribution < -0.4 is 5.32 Å². The van der Waals surface area contributed by atoms with Crippen molar-refractivity contribution in [1.82, 2.24) is 4.98 Å². The molecule has 1 aromatic heterocycles. The molecule has 1 aliphatic rings. The van der Waals surface area contributed by atoms with Gasteiger partial charge in [-0.25, -0.2) is 9.37 Å². The SMILES string of the molecule is O=C(/C=C/c1ccccc1F)Nc1nc2c(s1)CCCC2. The smallest absolute Gasteiger partial charge is 0.250 e. The van der Waals surface area contributed by atoms with Crippen LogP contribution in [0.3, 0.4) is 0 Å². The molecule has 0 radical (unpaired) electrons. The Morgan fingerprint density at radius 1 is 1.29 bits per heavy atom. The van der Waals surface area contributed by atoms with Gasteiger partial charge < -0.3 is 0 Å². The van der Waals surface area contributed by atoms with Gasteiger partial charge in [-0.15, -0.1) is 11.3 Å². The Hall–Kier alpha value is -2.01. The number of fused-ring (bicyclic) bond motifs is 1. The third kappa shape index (κ3) is 3.36. The van der Waals surface area contributed by atoms with Gasteiger partial charge in [-0.05, 0) is 37.8 Å². The van der Waals surface area contributed by atoms with Crippen LogP contribution in [-0.4, -0.2) is 10.9 Å². The maximum absolute atomic E-state index is 13.4. The molecule has 0 bridgehead atoms. The highest BCUT2D eigenvalue weighted by Gasteiger charge is 2.15. The van der Waals surface area contributed by atoms with Crippen LogP contribution in [0.15, 0.2) is 30.3 Å². The van der Waals surface area contributed by atoms with Gasteiger partial charge in [0.15, 0.2) is 5.13 Å². The predicted molar refractivity (Wildman–Crippen MR) is 82.8 cm³/mol. The lowest BCUT2D eigenvalue weighted by Gasteiger charge is -2.06. The molecule has 3 rings (SSSR count). The lowest BCUT2D eigenvalue weighted by atomic mass is 10.0. The Morgan fingerprint density at radius 3 is 2.90 bits per heavy atom. The molecule has 2 aromatic rings. The molecule has 1 aliphatic carbocycles. The maximum atomic E-state index is 13.4. The largest absolute Gasteiger partial charge is 0.298 e. The van der Waals surface area contributed by atoms with E-state index in [-0.39, 0.29) is 11.7 Å². The summed E-state index contributed by atoms with van der Waals surface area (Å²) in [4.78, 5) is 17.6. The number of thiazole rings is 1. The zero-order chi connectivity index (χ0) is 14.7. The second-order valence-electron chi connectivity index (χ2n) is 4.94. The van der Waals surface area contributed by atoms with E-state index in [9.17, 15) is 9.18 Å². The standard InChI is InChI=1S/C16H15FN2OS/c17-12-6-2-1-5-11(12)9-10-15(20)19-16-18-13-7-3-4-8-14(13)21-16/h1-2,5-6,9-10H,3-4,7-8H2,(H,18,19,20)/b10-9+. The minimum atomic E-state index is -0.341. The second-order valence-corrected chi connectivity index (χ2v) is 6.02. The number of carbonyl (C=O) groups is 1. The highest BCUT2D eigenvalue weighted by atomic mass is 32.1. The third-order valence-corrected chi connectivity index (χ3v) is 4.47. The maximum Gasteiger partial charge on any atom is 0.250 e. The average molecular weight is 302 g/mol. The zero-order valence-electron chi connectivity index (χ0n) is 11.4. The van der Waals surface area contributed by atoms with Crippen molar-refractivity contribution in [1.29, 1.82) is 0 Å². The molecule has 0 atom stereocenters. The van der Waals surface area contributed by atoms with Gasteiger partial charge in [0, 0.05) is 16.5 Å². The molecular weight excluding hydrogens is 287 g/mol. The fraction of sp³-hybridized carbons (Fsp3) is 0.250. The monoisotopic (exact) mass is 302 g/mol. The third-order valence-electron chi connectivity index (χ3n) is 3.40. The summed E-state index contributed by atoms with van der Waals surface area (Å²) in [6.45, 7) is 0. The summed E-state index contributed by atoms with van der Waals surface area (Å²) in [7, 11) is 0. The molecule has 0 unspecified atom stereocenters. The van der Waals surface area contributed by atoms with Crippen molar-refractivity contribution in [2.24, 2.45) is 0 Å². The van der Waals surface area contributed by atoms with Crippen molar-refractivity contribution < 1.29 is 9.18 Å². The first-order valence-corrected chi connectivity index (χ1v) is 7.76. The lowest BCUT2D eigenvalue weighted by molar-refractivity contribution is -0.111. The van der Waals surface area contributed by atoms with Crippen molar-refractivity contribution in [2.75, 3.05) is 5.32 Å². The number of hydrogen-bond donors (Lipinski definition) is 1. The Morgan fingerprint density at radius 2 is 2.10 bits per heavy atom. The van der Waals surface area contributed by atoms with Crippen molar-refractivity contribution in [3.63, 3.8) is 0 Å². The Kier molecular flexibility index (Phi) is 4.10. The van der Waals surface area contributed by atoms with Gasteiger partial charge in [-0.3, -0.25) is 10.1 Å². The molecule has 0 fully saturated rings. The van der Waals surface area contributed by atoms with Gasteiger partial charge in [0.2, 0.25) is 5.91 Å². The predicted octanol–water partition coefficient (Wildman–Crippen LogP) is 3.81. The molecule has 1 heterocycles. The van der Waals surface area contributed by atoms with Crippen LogP contribution in [0.25, 0.3) is 6.08 Å². The van der Waals surface area contributed by atoms with E-state index in [0.29, 0.717) is 10.7 Å². The number of benzene rings is 1. The number of hydrogen-bond acceptors (Lipinski definition) is 3. The molecule has 3 nitrogen and oxygen atoms in total. The van der Waals surface area contributed by atoms with Crippen molar-refractivity contribution >= 4 is 28.5 Å². The van der Waals surface area contributed by atoms with Crippen molar-refractivity contribution in [2.45, 2.75) is 25.7 Å². The number of rotatable bonds is 3. The molecule has 21 heavy (non-hydrogen) atoms. The van der Waals surface area contributed by atoms with Crippen LogP contribution in [-0.2, 0) is 17.6 Å². The van der Waals surface area contributed by atoms with Crippen LogP contribution in [0.2, 0.25) is 0 Å². The quantitative estimate of drug-likeness (QED) is 0.876. The summed E-state index contributed by atoms with van der Waals surface area (Å²) in [6, 6.07) is 6.34. The number of aromatic nitrogens is 1. The zero-order valence-corrected chi connectivity index (χ0v) is 12.3. The van der Waals surface area contributed by atoms with E-state index < -0.39 is 0 Å². The van der Waals surface area contributed by atoms with E-state index in [1.54, 1.807) is 18.2 Å². The van der Waals surface area contributed by atoms with E-state index in [0.717, 1.165) is 25.0 Å². The van der Waals surface area contributed by atoms with Crippen LogP contribution in [0.5, 0.6) is 0 Å². The molecule has 108 valence electrons. The number of nitrogens with zero attached hydrogens (tertiary/aromatic N) is 1. The van der Waals surface area contributed by atoms with Gasteiger partial charge in [0.05, 0.1) is 5.69 Å².